The fourth-order valence-electron chi connectivity index (χ4n) is 3.76. The van der Waals surface area contributed by atoms with Crippen molar-refractivity contribution in [2.24, 2.45) is 20.0 Å². The van der Waals surface area contributed by atoms with E-state index in [1.165, 1.54) is 5.69 Å². The summed E-state index contributed by atoms with van der Waals surface area (Å²) in [5.41, 5.74) is 2.18. The van der Waals surface area contributed by atoms with E-state index in [1.807, 2.05) is 19.6 Å². The van der Waals surface area contributed by atoms with Crippen molar-refractivity contribution in [1.29, 1.82) is 5.26 Å². The number of nitriles is 1. The van der Waals surface area contributed by atoms with Crippen LogP contribution in [-0.2, 0) is 14.1 Å². The average Bonchev–Trinajstić information content (AvgIpc) is 3.18. The molecule has 1 N–H and O–H groups in total. The molecule has 7 heteroatoms. The number of rotatable bonds is 4. The summed E-state index contributed by atoms with van der Waals surface area (Å²) < 4.78 is 3.75. The monoisotopic (exact) mass is 340 g/mol. The predicted octanol–water partition coefficient (Wildman–Crippen LogP) is 1.44. The molecule has 1 fully saturated rings. The van der Waals surface area contributed by atoms with Crippen molar-refractivity contribution in [3.8, 4) is 6.07 Å². The fourth-order valence-corrected chi connectivity index (χ4v) is 3.76. The third kappa shape index (κ3) is 3.44. The van der Waals surface area contributed by atoms with E-state index in [2.05, 4.69) is 32.9 Å². The van der Waals surface area contributed by atoms with Gasteiger partial charge in [0, 0.05) is 33.0 Å². The van der Waals surface area contributed by atoms with E-state index in [1.54, 1.807) is 23.9 Å². The molecule has 1 aliphatic heterocycles. The molecule has 25 heavy (non-hydrogen) atoms. The molecule has 132 valence electrons. The number of nitrogens with one attached hydrogen (secondary N) is 1. The molecular formula is C18H24N6O. The lowest BCUT2D eigenvalue weighted by atomic mass is 9.87. The Morgan fingerprint density at radius 2 is 2.20 bits per heavy atom. The highest BCUT2D eigenvalue weighted by Crippen LogP contribution is 2.34. The zero-order valence-corrected chi connectivity index (χ0v) is 14.9. The molecule has 0 spiro atoms. The summed E-state index contributed by atoms with van der Waals surface area (Å²) >= 11 is 0. The lowest BCUT2D eigenvalue weighted by Crippen LogP contribution is -2.42. The molecule has 2 aromatic rings. The minimum atomic E-state index is -0.138. The van der Waals surface area contributed by atoms with Crippen LogP contribution < -0.4 is 5.32 Å². The molecular weight excluding hydrogens is 316 g/mol. The molecule has 0 aliphatic carbocycles. The molecule has 0 unspecified atom stereocenters. The second kappa shape index (κ2) is 7.11. The smallest absolute Gasteiger partial charge is 0.267 e. The maximum Gasteiger partial charge on any atom is 0.267 e. The van der Waals surface area contributed by atoms with Gasteiger partial charge < -0.3 is 14.5 Å². The summed E-state index contributed by atoms with van der Waals surface area (Å²) in [4.78, 5) is 19.1. The number of hydrogen-bond acceptors (Lipinski definition) is 4. The maximum absolute atomic E-state index is 12.5. The van der Waals surface area contributed by atoms with Gasteiger partial charge in [0.25, 0.3) is 5.91 Å². The van der Waals surface area contributed by atoms with Gasteiger partial charge in [-0.2, -0.15) is 5.26 Å². The minimum absolute atomic E-state index is 0.138. The van der Waals surface area contributed by atoms with Gasteiger partial charge in [0.2, 0.25) is 0 Å². The van der Waals surface area contributed by atoms with Crippen LogP contribution in [0.1, 0.15) is 40.6 Å². The van der Waals surface area contributed by atoms with Gasteiger partial charge in [0.1, 0.15) is 11.8 Å². The maximum atomic E-state index is 12.5. The van der Waals surface area contributed by atoms with E-state index in [0.717, 1.165) is 19.4 Å². The normalized spacial score (nSPS) is 21.0. The Morgan fingerprint density at radius 1 is 1.40 bits per heavy atom. The quantitative estimate of drug-likeness (QED) is 0.913. The van der Waals surface area contributed by atoms with Crippen molar-refractivity contribution in [1.82, 2.24) is 24.3 Å². The Labute approximate surface area is 147 Å². The number of likely N-dealkylation sites (tertiary alicyclic amines) is 1. The fraction of sp³-hybridized carbons (Fsp3) is 0.500. The standard InChI is InChI=1S/C18H24N6O/c1-22-6-4-5-14(17(22)16-10-20-12-24(16)3)9-21-18(25)15-7-13(8-19)11-23(15)2/h7,10-12,14,17H,4-6,9H2,1-3H3,(H,21,25)/t14-,17+/m0/s1. The number of piperidine rings is 1. The number of imidazole rings is 1. The van der Waals surface area contributed by atoms with Gasteiger partial charge in [-0.25, -0.2) is 4.98 Å². The number of carbonyl (C=O) groups excluding carboxylic acids is 1. The summed E-state index contributed by atoms with van der Waals surface area (Å²) in [5, 5.41) is 12.0. The number of amides is 1. The largest absolute Gasteiger partial charge is 0.350 e. The van der Waals surface area contributed by atoms with E-state index in [0.29, 0.717) is 23.7 Å². The summed E-state index contributed by atoms with van der Waals surface area (Å²) in [6.45, 7) is 1.65. The Hall–Kier alpha value is -2.59. The van der Waals surface area contributed by atoms with Gasteiger partial charge in [-0.1, -0.05) is 0 Å². The predicted molar refractivity (Wildman–Crippen MR) is 93.8 cm³/mol. The number of carbonyl (C=O) groups is 1. The summed E-state index contributed by atoms with van der Waals surface area (Å²) in [6.07, 6.45) is 7.59. The van der Waals surface area contributed by atoms with Crippen LogP contribution in [0.25, 0.3) is 0 Å². The molecule has 1 amide bonds. The van der Waals surface area contributed by atoms with Gasteiger partial charge in [0.15, 0.2) is 0 Å². The molecule has 2 atom stereocenters. The van der Waals surface area contributed by atoms with Crippen LogP contribution in [0, 0.1) is 17.2 Å². The minimum Gasteiger partial charge on any atom is -0.350 e. The van der Waals surface area contributed by atoms with E-state index < -0.39 is 0 Å². The van der Waals surface area contributed by atoms with Gasteiger partial charge in [-0.3, -0.25) is 9.69 Å². The molecule has 1 saturated heterocycles. The van der Waals surface area contributed by atoms with E-state index >= 15 is 0 Å². The SMILES string of the molecule is CN1CCC[C@@H](CNC(=O)c2cc(C#N)cn2C)[C@@H]1c1cncn1C. The van der Waals surface area contributed by atoms with Crippen LogP contribution in [0.2, 0.25) is 0 Å². The van der Waals surface area contributed by atoms with Crippen molar-refractivity contribution >= 4 is 5.91 Å². The third-order valence-electron chi connectivity index (χ3n) is 5.06. The molecule has 3 rings (SSSR count). The molecule has 0 bridgehead atoms. The van der Waals surface area contributed by atoms with Crippen LogP contribution >= 0.6 is 0 Å². The first-order valence-corrected chi connectivity index (χ1v) is 8.52. The number of aryl methyl sites for hydroxylation is 2. The first-order chi connectivity index (χ1) is 12.0. The molecule has 0 radical (unpaired) electrons. The zero-order chi connectivity index (χ0) is 18.0. The zero-order valence-electron chi connectivity index (χ0n) is 14.9. The number of hydrogen-bond donors (Lipinski definition) is 1. The van der Waals surface area contributed by atoms with Crippen molar-refractivity contribution in [2.45, 2.75) is 18.9 Å². The molecule has 7 nitrogen and oxygen atoms in total. The molecule has 1 aliphatic rings. The van der Waals surface area contributed by atoms with Gasteiger partial charge >= 0.3 is 0 Å². The van der Waals surface area contributed by atoms with Crippen LogP contribution in [0.5, 0.6) is 0 Å². The number of aromatic nitrogens is 3. The van der Waals surface area contributed by atoms with Crippen molar-refractivity contribution in [3.05, 3.63) is 41.7 Å². The van der Waals surface area contributed by atoms with Gasteiger partial charge in [0.05, 0.1) is 23.6 Å². The molecule has 3 heterocycles. The summed E-state index contributed by atoms with van der Waals surface area (Å²) in [7, 11) is 5.92. The van der Waals surface area contributed by atoms with Crippen molar-refractivity contribution in [2.75, 3.05) is 20.1 Å². The Bertz CT molecular complexity index is 799. The van der Waals surface area contributed by atoms with Gasteiger partial charge in [-0.15, -0.1) is 0 Å². The summed E-state index contributed by atoms with van der Waals surface area (Å²) in [5.74, 6) is 0.190. The number of nitrogens with zero attached hydrogens (tertiary/aromatic N) is 5. The second-order valence-corrected chi connectivity index (χ2v) is 6.80. The Morgan fingerprint density at radius 3 is 2.84 bits per heavy atom. The Balaban J connectivity index is 1.72. The molecule has 0 saturated carbocycles. The topological polar surface area (TPSA) is 78.9 Å². The highest BCUT2D eigenvalue weighted by molar-refractivity contribution is 5.93. The van der Waals surface area contributed by atoms with Crippen molar-refractivity contribution < 1.29 is 4.79 Å². The van der Waals surface area contributed by atoms with E-state index in [-0.39, 0.29) is 11.9 Å². The lowest BCUT2D eigenvalue weighted by Gasteiger charge is -2.39. The lowest BCUT2D eigenvalue weighted by molar-refractivity contribution is 0.0875. The first-order valence-electron chi connectivity index (χ1n) is 8.52. The van der Waals surface area contributed by atoms with Crippen molar-refractivity contribution in [3.63, 3.8) is 0 Å². The van der Waals surface area contributed by atoms with E-state index in [9.17, 15) is 4.79 Å². The molecule has 0 aromatic carbocycles. The second-order valence-electron chi connectivity index (χ2n) is 6.80. The Kier molecular flexibility index (Phi) is 4.91. The summed E-state index contributed by atoms with van der Waals surface area (Å²) in [6, 6.07) is 3.94. The van der Waals surface area contributed by atoms with Crippen LogP contribution in [0.3, 0.4) is 0 Å². The van der Waals surface area contributed by atoms with E-state index in [4.69, 9.17) is 5.26 Å². The highest BCUT2D eigenvalue weighted by Gasteiger charge is 2.32. The third-order valence-corrected chi connectivity index (χ3v) is 5.06. The van der Waals surface area contributed by atoms with Gasteiger partial charge in [-0.05, 0) is 38.4 Å². The van der Waals surface area contributed by atoms with Crippen LogP contribution in [0.15, 0.2) is 24.8 Å². The average molecular weight is 340 g/mol. The van der Waals surface area contributed by atoms with Crippen LogP contribution in [-0.4, -0.2) is 45.1 Å². The van der Waals surface area contributed by atoms with Crippen LogP contribution in [0.4, 0.5) is 0 Å². The highest BCUT2D eigenvalue weighted by atomic mass is 16.1. The molecule has 2 aromatic heterocycles. The first kappa shape index (κ1) is 17.2.